The third kappa shape index (κ3) is 5.12. The summed E-state index contributed by atoms with van der Waals surface area (Å²) in [7, 11) is 0. The Labute approximate surface area is 180 Å². The lowest BCUT2D eigenvalue weighted by Gasteiger charge is -2.21. The Hall–Kier alpha value is -3.17. The lowest BCUT2D eigenvalue weighted by atomic mass is 9.99. The zero-order valence-corrected chi connectivity index (χ0v) is 17.3. The van der Waals surface area contributed by atoms with Crippen molar-refractivity contribution in [2.24, 2.45) is 5.10 Å². The van der Waals surface area contributed by atoms with E-state index in [1.807, 2.05) is 11.8 Å². The number of carbonyl (C=O) groups is 1. The Bertz CT molecular complexity index is 935. The Kier molecular flexibility index (Phi) is 6.34. The highest BCUT2D eigenvalue weighted by atomic mass is 19.1. The molecule has 164 valence electrons. The van der Waals surface area contributed by atoms with E-state index in [1.54, 1.807) is 41.4 Å². The predicted octanol–water partition coefficient (Wildman–Crippen LogP) is 1.85. The number of nitrogens with one attached hydrogen (secondary N) is 2. The lowest BCUT2D eigenvalue weighted by molar-refractivity contribution is 0.0746. The van der Waals surface area contributed by atoms with Crippen LogP contribution in [0.4, 0.5) is 4.39 Å². The van der Waals surface area contributed by atoms with Gasteiger partial charge in [-0.2, -0.15) is 0 Å². The summed E-state index contributed by atoms with van der Waals surface area (Å²) in [4.78, 5) is 14.7. The minimum atomic E-state index is -0.716. The first-order valence-electron chi connectivity index (χ1n) is 10.3. The van der Waals surface area contributed by atoms with E-state index < -0.39 is 6.10 Å². The molecule has 2 aliphatic rings. The van der Waals surface area contributed by atoms with Crippen LogP contribution in [0.15, 0.2) is 53.6 Å². The summed E-state index contributed by atoms with van der Waals surface area (Å²) in [5, 5.41) is 15.8. The number of aliphatic hydroxyl groups excluding tert-OH is 1. The number of hydrogen-bond donors (Lipinski definition) is 3. The number of hydrogen-bond acceptors (Lipinski definition) is 7. The largest absolute Gasteiger partial charge is 0.491 e. The summed E-state index contributed by atoms with van der Waals surface area (Å²) in [6.45, 7) is 3.55. The van der Waals surface area contributed by atoms with Crippen molar-refractivity contribution >= 4 is 11.7 Å². The van der Waals surface area contributed by atoms with E-state index in [9.17, 15) is 14.3 Å². The molecule has 4 rings (SSSR count). The second-order valence-electron chi connectivity index (χ2n) is 7.77. The van der Waals surface area contributed by atoms with E-state index >= 15 is 0 Å². The number of nitrogens with zero attached hydrogens (tertiary/aromatic N) is 3. The topological polar surface area (TPSA) is 89.4 Å². The van der Waals surface area contributed by atoms with Crippen LogP contribution < -0.4 is 15.8 Å². The zero-order chi connectivity index (χ0) is 21.8. The maximum Gasteiger partial charge on any atom is 0.253 e. The maximum atomic E-state index is 13.1. The second kappa shape index (κ2) is 9.32. The molecule has 2 atom stereocenters. The smallest absolute Gasteiger partial charge is 0.253 e. The number of hydrazone groups is 1. The number of carbonyl (C=O) groups excluding carboxylic acids is 1. The normalized spacial score (nSPS) is 19.2. The van der Waals surface area contributed by atoms with Gasteiger partial charge in [0, 0.05) is 24.6 Å². The van der Waals surface area contributed by atoms with E-state index in [0.717, 1.165) is 17.8 Å². The molecular formula is C22H26FN5O3. The predicted molar refractivity (Wildman–Crippen MR) is 114 cm³/mol. The number of hydrazine groups is 2. The molecule has 0 bridgehead atoms. The molecule has 1 amide bonds. The minimum Gasteiger partial charge on any atom is -0.491 e. The molecule has 3 N–H and O–H groups in total. The average molecular weight is 427 g/mol. The van der Waals surface area contributed by atoms with Crippen LogP contribution in [0.1, 0.15) is 35.2 Å². The van der Waals surface area contributed by atoms with Gasteiger partial charge >= 0.3 is 0 Å². The Balaban J connectivity index is 1.27. The highest BCUT2D eigenvalue weighted by molar-refractivity contribution is 5.94. The number of β-amino-alcohol motifs (C(OH)–C–C–N with tert-alkyl or cyclic N) is 1. The first kappa shape index (κ1) is 21.1. The standard InChI is InChI=1S/C22H26FN5O3/c1-15-24-25-26-28(15)13-20(29)14-31-21-8-4-17(5-9-21)22(30)27-11-10-18(12-27)16-2-6-19(23)7-3-16/h2-9,18,20,25-26,29H,10-14H2,1H3/t18-,20+/m0/s1. The van der Waals surface area contributed by atoms with E-state index in [4.69, 9.17) is 4.74 Å². The van der Waals surface area contributed by atoms with E-state index in [2.05, 4.69) is 16.2 Å². The first-order valence-corrected chi connectivity index (χ1v) is 10.3. The number of amides is 1. The lowest BCUT2D eigenvalue weighted by Crippen LogP contribution is -2.45. The van der Waals surface area contributed by atoms with Gasteiger partial charge in [-0.15, -0.1) is 10.6 Å². The van der Waals surface area contributed by atoms with Crippen molar-refractivity contribution in [3.8, 4) is 5.75 Å². The van der Waals surface area contributed by atoms with Crippen LogP contribution in [-0.2, 0) is 0 Å². The van der Waals surface area contributed by atoms with Crippen LogP contribution in [0.5, 0.6) is 5.75 Å². The fourth-order valence-electron chi connectivity index (χ4n) is 3.77. The van der Waals surface area contributed by atoms with Crippen molar-refractivity contribution in [2.75, 3.05) is 26.2 Å². The molecule has 2 aromatic carbocycles. The molecule has 0 unspecified atom stereocenters. The molecule has 0 aliphatic carbocycles. The molecule has 2 aromatic rings. The van der Waals surface area contributed by atoms with Gasteiger partial charge in [-0.25, -0.2) is 9.93 Å². The molecule has 31 heavy (non-hydrogen) atoms. The van der Waals surface area contributed by atoms with Crippen molar-refractivity contribution in [1.82, 2.24) is 21.0 Å². The van der Waals surface area contributed by atoms with Crippen molar-refractivity contribution < 1.29 is 19.0 Å². The molecule has 2 heterocycles. The number of benzene rings is 2. The van der Waals surface area contributed by atoms with Crippen molar-refractivity contribution in [3.63, 3.8) is 0 Å². The minimum absolute atomic E-state index is 0.0291. The fraction of sp³-hybridized carbons (Fsp3) is 0.364. The van der Waals surface area contributed by atoms with Crippen LogP contribution in [0, 0.1) is 5.82 Å². The molecular weight excluding hydrogens is 401 g/mol. The van der Waals surface area contributed by atoms with Gasteiger partial charge in [-0.1, -0.05) is 12.1 Å². The van der Waals surface area contributed by atoms with Crippen LogP contribution in [0.3, 0.4) is 0 Å². The molecule has 2 aliphatic heterocycles. The van der Waals surface area contributed by atoms with Gasteiger partial charge in [0.15, 0.2) is 0 Å². The molecule has 9 heteroatoms. The quantitative estimate of drug-likeness (QED) is 0.625. The Morgan fingerprint density at radius 1 is 1.26 bits per heavy atom. The summed E-state index contributed by atoms with van der Waals surface area (Å²) in [6, 6.07) is 13.4. The van der Waals surface area contributed by atoms with Gasteiger partial charge in [-0.3, -0.25) is 9.80 Å². The molecule has 0 aromatic heterocycles. The summed E-state index contributed by atoms with van der Waals surface area (Å²) < 4.78 is 18.8. The molecule has 0 spiro atoms. The monoisotopic (exact) mass is 427 g/mol. The maximum absolute atomic E-state index is 13.1. The van der Waals surface area contributed by atoms with Gasteiger partial charge in [-0.05, 0) is 55.3 Å². The second-order valence-corrected chi connectivity index (χ2v) is 7.77. The van der Waals surface area contributed by atoms with Crippen molar-refractivity contribution in [2.45, 2.75) is 25.4 Å². The number of amidine groups is 1. The van der Waals surface area contributed by atoms with E-state index in [1.165, 1.54) is 12.1 Å². The molecule has 0 radical (unpaired) electrons. The van der Waals surface area contributed by atoms with Crippen molar-refractivity contribution in [3.05, 3.63) is 65.5 Å². The van der Waals surface area contributed by atoms with Gasteiger partial charge in [0.25, 0.3) is 5.91 Å². The number of halogens is 1. The van der Waals surface area contributed by atoms with Gasteiger partial charge in [0.05, 0.1) is 6.54 Å². The number of likely N-dealkylation sites (tertiary alicyclic amines) is 1. The summed E-state index contributed by atoms with van der Waals surface area (Å²) in [5.74, 6) is 1.25. The molecule has 1 saturated heterocycles. The van der Waals surface area contributed by atoms with E-state index in [-0.39, 0.29) is 24.2 Å². The van der Waals surface area contributed by atoms with Crippen LogP contribution >= 0.6 is 0 Å². The number of aliphatic hydroxyl groups is 1. The molecule has 1 fully saturated rings. The summed E-state index contributed by atoms with van der Waals surface area (Å²) in [6.07, 6.45) is 0.147. The Morgan fingerprint density at radius 3 is 2.68 bits per heavy atom. The number of ether oxygens (including phenoxy) is 1. The first-order chi connectivity index (χ1) is 15.0. The third-order valence-corrected chi connectivity index (χ3v) is 5.55. The molecule has 0 saturated carbocycles. The Morgan fingerprint density at radius 2 is 2.00 bits per heavy atom. The summed E-state index contributed by atoms with van der Waals surface area (Å²) >= 11 is 0. The SMILES string of the molecule is CC1=NNNN1C[C@@H](O)COc1ccc(C(=O)N2CC[C@H](c3ccc(F)cc3)C2)cc1. The zero-order valence-electron chi connectivity index (χ0n) is 17.3. The van der Waals surface area contributed by atoms with E-state index in [0.29, 0.717) is 30.9 Å². The third-order valence-electron chi connectivity index (χ3n) is 5.55. The van der Waals surface area contributed by atoms with Gasteiger partial charge in [0.1, 0.15) is 30.1 Å². The average Bonchev–Trinajstić information content (AvgIpc) is 3.42. The molecule has 8 nitrogen and oxygen atoms in total. The van der Waals surface area contributed by atoms with Crippen molar-refractivity contribution in [1.29, 1.82) is 0 Å². The van der Waals surface area contributed by atoms with Gasteiger partial charge < -0.3 is 14.7 Å². The highest BCUT2D eigenvalue weighted by Crippen LogP contribution is 2.28. The van der Waals surface area contributed by atoms with Gasteiger partial charge in [0.2, 0.25) is 0 Å². The number of rotatable bonds is 7. The van der Waals surface area contributed by atoms with Crippen LogP contribution in [0.2, 0.25) is 0 Å². The van der Waals surface area contributed by atoms with Crippen LogP contribution in [-0.4, -0.2) is 59.1 Å². The summed E-state index contributed by atoms with van der Waals surface area (Å²) in [5.41, 5.74) is 7.07. The van der Waals surface area contributed by atoms with Crippen LogP contribution in [0.25, 0.3) is 0 Å². The highest BCUT2D eigenvalue weighted by Gasteiger charge is 2.28. The fourth-order valence-corrected chi connectivity index (χ4v) is 3.77.